The molecule has 0 aromatic carbocycles. The molecule has 1 saturated carbocycles. The predicted molar refractivity (Wildman–Crippen MR) is 105 cm³/mol. The number of nitrogens with zero attached hydrogens (tertiary/aromatic N) is 4. The van der Waals surface area contributed by atoms with Crippen molar-refractivity contribution in [2.24, 2.45) is 5.16 Å². The van der Waals surface area contributed by atoms with Gasteiger partial charge in [-0.25, -0.2) is 14.2 Å². The highest BCUT2D eigenvalue weighted by molar-refractivity contribution is 5.93. The molecule has 10 heteroatoms. The summed E-state index contributed by atoms with van der Waals surface area (Å²) in [7, 11) is 3.28. The fourth-order valence-electron chi connectivity index (χ4n) is 3.76. The molecular weight excluding hydrogens is 381 g/mol. The minimum absolute atomic E-state index is 0.0222. The molecule has 2 fully saturated rings. The van der Waals surface area contributed by atoms with Gasteiger partial charge >= 0.3 is 5.97 Å². The van der Waals surface area contributed by atoms with Crippen LogP contribution in [-0.4, -0.2) is 59.6 Å². The zero-order valence-corrected chi connectivity index (χ0v) is 16.2. The topological polar surface area (TPSA) is 109 Å². The van der Waals surface area contributed by atoms with Crippen molar-refractivity contribution in [2.75, 3.05) is 32.1 Å². The second kappa shape index (κ2) is 7.43. The van der Waals surface area contributed by atoms with Gasteiger partial charge in [-0.05, 0) is 26.0 Å². The first kappa shape index (κ1) is 19.3. The molecule has 1 aliphatic heterocycles. The summed E-state index contributed by atoms with van der Waals surface area (Å²) in [5.74, 6) is -1.89. The van der Waals surface area contributed by atoms with Crippen molar-refractivity contribution in [2.45, 2.75) is 31.3 Å². The third kappa shape index (κ3) is 3.55. The molecule has 1 unspecified atom stereocenters. The van der Waals surface area contributed by atoms with Gasteiger partial charge in [-0.15, -0.1) is 0 Å². The molecule has 0 amide bonds. The molecule has 1 saturated heterocycles. The average Bonchev–Trinajstić information content (AvgIpc) is 3.53. The SMILES string of the molecule is CNC1C/C(=N\OC)CN(c2nc3c(cc2F)c(=O)c(C(=O)O)cn3C2CC2)C1. The molecule has 29 heavy (non-hydrogen) atoms. The summed E-state index contributed by atoms with van der Waals surface area (Å²) in [4.78, 5) is 35.2. The number of aromatic nitrogens is 2. The molecule has 0 bridgehead atoms. The van der Waals surface area contributed by atoms with Gasteiger partial charge in [-0.1, -0.05) is 5.16 Å². The molecule has 2 aliphatic rings. The molecule has 2 N–H and O–H groups in total. The largest absolute Gasteiger partial charge is 0.477 e. The number of halogens is 1. The molecule has 4 rings (SSSR count). The van der Waals surface area contributed by atoms with E-state index in [0.717, 1.165) is 24.6 Å². The Hall–Kier alpha value is -3.01. The maximum Gasteiger partial charge on any atom is 0.341 e. The van der Waals surface area contributed by atoms with Gasteiger partial charge in [-0.3, -0.25) is 4.79 Å². The van der Waals surface area contributed by atoms with Gasteiger partial charge in [0.1, 0.15) is 18.3 Å². The minimum atomic E-state index is -1.33. The molecule has 154 valence electrons. The fourth-order valence-corrected chi connectivity index (χ4v) is 3.76. The van der Waals surface area contributed by atoms with Crippen molar-refractivity contribution in [3.8, 4) is 0 Å². The van der Waals surface area contributed by atoms with Gasteiger partial charge in [-0.2, -0.15) is 0 Å². The summed E-state index contributed by atoms with van der Waals surface area (Å²) in [6.07, 6.45) is 3.72. The Morgan fingerprint density at radius 2 is 2.21 bits per heavy atom. The van der Waals surface area contributed by atoms with Crippen molar-refractivity contribution in [1.29, 1.82) is 0 Å². The third-order valence-electron chi connectivity index (χ3n) is 5.33. The van der Waals surface area contributed by atoms with Gasteiger partial charge < -0.3 is 24.7 Å². The van der Waals surface area contributed by atoms with E-state index in [-0.39, 0.29) is 28.9 Å². The van der Waals surface area contributed by atoms with Crippen LogP contribution in [0.15, 0.2) is 22.2 Å². The van der Waals surface area contributed by atoms with E-state index in [1.165, 1.54) is 13.3 Å². The number of piperidine rings is 1. The Labute approximate surface area is 165 Å². The standard InChI is InChI=1S/C19H22FN5O4/c1-21-10-5-11(23-29-2)8-24(7-10)18-15(20)6-13-16(26)14(19(27)28)9-25(12-3-4-12)17(13)22-18/h6,9-10,12,21H,3-5,7-8H2,1-2H3,(H,27,28)/b23-11+. The lowest BCUT2D eigenvalue weighted by Gasteiger charge is -2.34. The first-order valence-corrected chi connectivity index (χ1v) is 9.42. The smallest absolute Gasteiger partial charge is 0.341 e. The van der Waals surface area contributed by atoms with Gasteiger partial charge in [0, 0.05) is 31.2 Å². The van der Waals surface area contributed by atoms with E-state index in [1.54, 1.807) is 9.47 Å². The number of carbonyl (C=O) groups is 1. The van der Waals surface area contributed by atoms with Crippen LogP contribution in [0.2, 0.25) is 0 Å². The summed E-state index contributed by atoms with van der Waals surface area (Å²) >= 11 is 0. The lowest BCUT2D eigenvalue weighted by atomic mass is 10.0. The third-order valence-corrected chi connectivity index (χ3v) is 5.33. The Bertz CT molecular complexity index is 1060. The summed E-state index contributed by atoms with van der Waals surface area (Å²) in [5, 5.41) is 16.5. The first-order valence-electron chi connectivity index (χ1n) is 9.42. The number of fused-ring (bicyclic) bond motifs is 1. The van der Waals surface area contributed by atoms with Crippen LogP contribution >= 0.6 is 0 Å². The molecule has 1 aliphatic carbocycles. The monoisotopic (exact) mass is 403 g/mol. The molecule has 0 radical (unpaired) electrons. The van der Waals surface area contributed by atoms with E-state index >= 15 is 4.39 Å². The number of rotatable bonds is 5. The van der Waals surface area contributed by atoms with Crippen LogP contribution in [0.25, 0.3) is 11.0 Å². The van der Waals surface area contributed by atoms with Crippen LogP contribution in [-0.2, 0) is 4.84 Å². The van der Waals surface area contributed by atoms with Crippen molar-refractivity contribution in [3.63, 3.8) is 0 Å². The number of carboxylic acid groups (broad SMARTS) is 1. The molecule has 9 nitrogen and oxygen atoms in total. The highest BCUT2D eigenvalue weighted by Gasteiger charge is 2.30. The minimum Gasteiger partial charge on any atom is -0.477 e. The number of nitrogens with one attached hydrogen (secondary N) is 1. The van der Waals surface area contributed by atoms with Crippen LogP contribution in [0, 0.1) is 5.82 Å². The van der Waals surface area contributed by atoms with Gasteiger partial charge in [0.2, 0.25) is 5.43 Å². The van der Waals surface area contributed by atoms with Crippen LogP contribution in [0.1, 0.15) is 35.7 Å². The number of likely N-dealkylation sites (N-methyl/N-ethyl adjacent to an activating group) is 1. The Kier molecular flexibility index (Phi) is 4.95. The Morgan fingerprint density at radius 1 is 1.45 bits per heavy atom. The normalized spacial score (nSPS) is 21.0. The summed E-state index contributed by atoms with van der Waals surface area (Å²) < 4.78 is 16.7. The first-order chi connectivity index (χ1) is 13.9. The molecule has 2 aromatic heterocycles. The predicted octanol–water partition coefficient (Wildman–Crippen LogP) is 1.37. The lowest BCUT2D eigenvalue weighted by Crippen LogP contribution is -2.49. The van der Waals surface area contributed by atoms with E-state index in [9.17, 15) is 14.7 Å². The number of anilines is 1. The fraction of sp³-hybridized carbons (Fsp3) is 0.474. The van der Waals surface area contributed by atoms with Gasteiger partial charge in [0.25, 0.3) is 0 Å². The molecular formula is C19H22FN5O4. The van der Waals surface area contributed by atoms with Crippen LogP contribution in [0.5, 0.6) is 0 Å². The highest BCUT2D eigenvalue weighted by Crippen LogP contribution is 2.37. The second-order valence-corrected chi connectivity index (χ2v) is 7.39. The van der Waals surface area contributed by atoms with Crippen molar-refractivity contribution >= 4 is 28.5 Å². The lowest BCUT2D eigenvalue weighted by molar-refractivity contribution is 0.0695. The summed E-state index contributed by atoms with van der Waals surface area (Å²) in [5.41, 5.74) is -0.0484. The Morgan fingerprint density at radius 3 is 2.83 bits per heavy atom. The van der Waals surface area contributed by atoms with Crippen molar-refractivity contribution in [3.05, 3.63) is 33.9 Å². The van der Waals surface area contributed by atoms with E-state index in [2.05, 4.69) is 15.5 Å². The number of hydrogen-bond donors (Lipinski definition) is 2. The zero-order valence-electron chi connectivity index (χ0n) is 16.2. The van der Waals surface area contributed by atoms with E-state index in [1.807, 2.05) is 7.05 Å². The van der Waals surface area contributed by atoms with E-state index in [0.29, 0.717) is 25.2 Å². The Balaban J connectivity index is 1.86. The number of oxime groups is 1. The molecule has 2 aromatic rings. The van der Waals surface area contributed by atoms with Crippen LogP contribution in [0.4, 0.5) is 10.2 Å². The van der Waals surface area contributed by atoms with E-state index < -0.39 is 17.2 Å². The van der Waals surface area contributed by atoms with Gasteiger partial charge in [0.15, 0.2) is 11.6 Å². The molecule has 0 spiro atoms. The molecule has 3 heterocycles. The van der Waals surface area contributed by atoms with Crippen molar-refractivity contribution < 1.29 is 19.1 Å². The number of pyridine rings is 2. The quantitative estimate of drug-likeness (QED) is 0.726. The zero-order chi connectivity index (χ0) is 20.7. The average molecular weight is 403 g/mol. The highest BCUT2D eigenvalue weighted by atomic mass is 19.1. The number of aromatic carboxylic acids is 1. The van der Waals surface area contributed by atoms with Crippen LogP contribution in [0.3, 0.4) is 0 Å². The van der Waals surface area contributed by atoms with E-state index in [4.69, 9.17) is 4.84 Å². The molecule has 1 atom stereocenters. The van der Waals surface area contributed by atoms with Gasteiger partial charge in [0.05, 0.1) is 17.6 Å². The maximum atomic E-state index is 15.0. The van der Waals surface area contributed by atoms with Crippen LogP contribution < -0.4 is 15.6 Å². The summed E-state index contributed by atoms with van der Waals surface area (Å²) in [6, 6.07) is 1.20. The summed E-state index contributed by atoms with van der Waals surface area (Å²) in [6.45, 7) is 0.859. The van der Waals surface area contributed by atoms with Crippen molar-refractivity contribution in [1.82, 2.24) is 14.9 Å². The second-order valence-electron chi connectivity index (χ2n) is 7.39. The number of hydrogen-bond acceptors (Lipinski definition) is 7. The number of carboxylic acids is 1. The maximum absolute atomic E-state index is 15.0.